The van der Waals surface area contributed by atoms with Crippen LogP contribution in [0.15, 0.2) is 23.1 Å². The predicted octanol–water partition coefficient (Wildman–Crippen LogP) is 3.12. The zero-order valence-electron chi connectivity index (χ0n) is 16.8. The van der Waals surface area contributed by atoms with Crippen LogP contribution in [0.4, 0.5) is 10.6 Å². The molecule has 0 saturated carbocycles. The van der Waals surface area contributed by atoms with E-state index >= 15 is 0 Å². The third-order valence-electron chi connectivity index (χ3n) is 4.45. The standard InChI is InChI=1S/C19H26N4O4S/c1-12-6-7-13(2)16(10-12)28(25,26)22-17-14-8-9-23(11-15(14)20-21-17)18(24)27-19(3,4)5/h6-7,10H,8-9,11H2,1-5H3,(H2,20,21,22). The van der Waals surface area contributed by atoms with Crippen molar-refractivity contribution in [3.8, 4) is 0 Å². The minimum Gasteiger partial charge on any atom is -0.444 e. The molecule has 9 heteroatoms. The maximum atomic E-state index is 12.8. The highest BCUT2D eigenvalue weighted by Gasteiger charge is 2.30. The Labute approximate surface area is 165 Å². The van der Waals surface area contributed by atoms with Crippen LogP contribution in [-0.4, -0.2) is 41.8 Å². The number of carbonyl (C=O) groups excluding carboxylic acids is 1. The number of aryl methyl sites for hydroxylation is 2. The van der Waals surface area contributed by atoms with E-state index in [1.165, 1.54) is 0 Å². The Balaban J connectivity index is 1.79. The van der Waals surface area contributed by atoms with Crippen molar-refractivity contribution in [3.63, 3.8) is 0 Å². The average molecular weight is 407 g/mol. The van der Waals surface area contributed by atoms with Crippen LogP contribution in [0.5, 0.6) is 0 Å². The van der Waals surface area contributed by atoms with E-state index in [1.807, 2.05) is 33.8 Å². The fourth-order valence-corrected chi connectivity index (χ4v) is 4.43. The summed E-state index contributed by atoms with van der Waals surface area (Å²) in [6.07, 6.45) is 0.0840. The van der Waals surface area contributed by atoms with Crippen molar-refractivity contribution in [1.29, 1.82) is 0 Å². The Hall–Kier alpha value is -2.55. The van der Waals surface area contributed by atoms with Crippen LogP contribution in [0, 0.1) is 13.8 Å². The van der Waals surface area contributed by atoms with Gasteiger partial charge < -0.3 is 9.64 Å². The SMILES string of the molecule is Cc1ccc(C)c(S(=O)(=O)Nc2n[nH]c3c2CCN(C(=O)OC(C)(C)C)C3)c1. The largest absolute Gasteiger partial charge is 0.444 e. The summed E-state index contributed by atoms with van der Waals surface area (Å²) in [6.45, 7) is 9.78. The van der Waals surface area contributed by atoms with Gasteiger partial charge in [0.15, 0.2) is 5.82 Å². The van der Waals surface area contributed by atoms with Gasteiger partial charge in [0.05, 0.1) is 17.1 Å². The van der Waals surface area contributed by atoms with E-state index in [0.717, 1.165) is 11.1 Å². The minimum absolute atomic E-state index is 0.232. The van der Waals surface area contributed by atoms with Crippen molar-refractivity contribution in [1.82, 2.24) is 15.1 Å². The first-order chi connectivity index (χ1) is 13.0. The molecule has 0 atom stereocenters. The monoisotopic (exact) mass is 406 g/mol. The molecule has 1 aromatic carbocycles. The van der Waals surface area contributed by atoms with E-state index in [-0.39, 0.29) is 10.7 Å². The number of anilines is 1. The van der Waals surface area contributed by atoms with Crippen LogP contribution < -0.4 is 4.72 Å². The molecule has 3 rings (SSSR count). The van der Waals surface area contributed by atoms with Gasteiger partial charge in [0.1, 0.15) is 5.60 Å². The molecule has 28 heavy (non-hydrogen) atoms. The molecular weight excluding hydrogens is 380 g/mol. The molecule has 0 spiro atoms. The van der Waals surface area contributed by atoms with Crippen molar-refractivity contribution in [3.05, 3.63) is 40.6 Å². The summed E-state index contributed by atoms with van der Waals surface area (Å²) in [5.74, 6) is 0.278. The van der Waals surface area contributed by atoms with Gasteiger partial charge in [-0.1, -0.05) is 12.1 Å². The van der Waals surface area contributed by atoms with Gasteiger partial charge >= 0.3 is 6.09 Å². The van der Waals surface area contributed by atoms with Crippen LogP contribution in [-0.2, 0) is 27.7 Å². The topological polar surface area (TPSA) is 104 Å². The Morgan fingerprint density at radius 2 is 2.00 bits per heavy atom. The molecule has 0 bridgehead atoms. The molecule has 0 fully saturated rings. The lowest BCUT2D eigenvalue weighted by Crippen LogP contribution is -2.39. The third kappa shape index (κ3) is 4.30. The summed E-state index contributed by atoms with van der Waals surface area (Å²) in [5.41, 5.74) is 2.43. The van der Waals surface area contributed by atoms with Gasteiger partial charge in [-0.15, -0.1) is 0 Å². The highest BCUT2D eigenvalue weighted by molar-refractivity contribution is 7.92. The fraction of sp³-hybridized carbons (Fsp3) is 0.474. The second kappa shape index (κ2) is 7.12. The summed E-state index contributed by atoms with van der Waals surface area (Å²) in [5, 5.41) is 6.98. The first-order valence-corrected chi connectivity index (χ1v) is 10.6. The number of nitrogens with one attached hydrogen (secondary N) is 2. The average Bonchev–Trinajstić information content (AvgIpc) is 2.97. The Morgan fingerprint density at radius 1 is 1.29 bits per heavy atom. The number of carbonyl (C=O) groups is 1. The highest BCUT2D eigenvalue weighted by Crippen LogP contribution is 2.27. The highest BCUT2D eigenvalue weighted by atomic mass is 32.2. The summed E-state index contributed by atoms with van der Waals surface area (Å²) in [7, 11) is -3.76. The van der Waals surface area contributed by atoms with Crippen molar-refractivity contribution in [2.45, 2.75) is 58.1 Å². The number of H-pyrrole nitrogens is 1. The Bertz CT molecular complexity index is 1010. The molecule has 1 aliphatic heterocycles. The normalized spacial score (nSPS) is 14.5. The molecule has 0 unspecified atom stereocenters. The molecule has 0 aliphatic carbocycles. The third-order valence-corrected chi connectivity index (χ3v) is 5.93. The molecule has 1 aliphatic rings. The molecule has 0 saturated heterocycles. The lowest BCUT2D eigenvalue weighted by atomic mass is 10.1. The van der Waals surface area contributed by atoms with Crippen LogP contribution >= 0.6 is 0 Å². The van der Waals surface area contributed by atoms with Crippen LogP contribution in [0.3, 0.4) is 0 Å². The summed E-state index contributed by atoms with van der Waals surface area (Å²) >= 11 is 0. The number of hydrogen-bond donors (Lipinski definition) is 2. The van der Waals surface area contributed by atoms with Gasteiger partial charge in [-0.3, -0.25) is 9.82 Å². The first-order valence-electron chi connectivity index (χ1n) is 9.10. The predicted molar refractivity (Wildman–Crippen MR) is 106 cm³/mol. The number of fused-ring (bicyclic) bond motifs is 1. The molecule has 1 amide bonds. The van der Waals surface area contributed by atoms with Gasteiger partial charge in [-0.2, -0.15) is 5.10 Å². The second-order valence-electron chi connectivity index (χ2n) is 8.06. The van der Waals surface area contributed by atoms with Gasteiger partial charge in [0.25, 0.3) is 10.0 Å². The smallest absolute Gasteiger partial charge is 0.410 e. The summed E-state index contributed by atoms with van der Waals surface area (Å²) in [4.78, 5) is 14.1. The number of aromatic nitrogens is 2. The number of nitrogens with zero attached hydrogens (tertiary/aromatic N) is 2. The van der Waals surface area contributed by atoms with E-state index in [4.69, 9.17) is 4.74 Å². The van der Waals surface area contributed by atoms with E-state index < -0.39 is 21.7 Å². The van der Waals surface area contributed by atoms with Gasteiger partial charge in [-0.25, -0.2) is 13.2 Å². The van der Waals surface area contributed by atoms with E-state index in [2.05, 4.69) is 14.9 Å². The maximum Gasteiger partial charge on any atom is 0.410 e. The maximum absolute atomic E-state index is 12.8. The van der Waals surface area contributed by atoms with Crippen molar-refractivity contribution < 1.29 is 17.9 Å². The van der Waals surface area contributed by atoms with E-state index in [1.54, 1.807) is 24.0 Å². The van der Waals surface area contributed by atoms with Gasteiger partial charge in [-0.05, 0) is 58.2 Å². The quantitative estimate of drug-likeness (QED) is 0.815. The van der Waals surface area contributed by atoms with Crippen LogP contribution in [0.25, 0.3) is 0 Å². The number of ether oxygens (including phenoxy) is 1. The van der Waals surface area contributed by atoms with Crippen LogP contribution in [0.1, 0.15) is 43.2 Å². The molecule has 2 N–H and O–H groups in total. The molecule has 1 aromatic heterocycles. The fourth-order valence-electron chi connectivity index (χ4n) is 3.06. The Kier molecular flexibility index (Phi) is 5.14. The Morgan fingerprint density at radius 3 is 2.68 bits per heavy atom. The summed E-state index contributed by atoms with van der Waals surface area (Å²) < 4.78 is 33.7. The number of benzene rings is 1. The number of hydrogen-bond acceptors (Lipinski definition) is 5. The van der Waals surface area contributed by atoms with Crippen molar-refractivity contribution >= 4 is 21.9 Å². The number of aromatic amines is 1. The first kappa shape index (κ1) is 20.2. The van der Waals surface area contributed by atoms with Crippen LogP contribution in [0.2, 0.25) is 0 Å². The molecule has 2 aromatic rings. The molecule has 0 radical (unpaired) electrons. The number of sulfonamides is 1. The van der Waals surface area contributed by atoms with Gasteiger partial charge in [0, 0.05) is 12.1 Å². The molecule has 2 heterocycles. The number of amides is 1. The molecule has 8 nitrogen and oxygen atoms in total. The van der Waals surface area contributed by atoms with Gasteiger partial charge in [0.2, 0.25) is 0 Å². The zero-order valence-corrected chi connectivity index (χ0v) is 17.6. The van der Waals surface area contributed by atoms with E-state index in [9.17, 15) is 13.2 Å². The number of rotatable bonds is 3. The summed E-state index contributed by atoms with van der Waals surface area (Å²) in [6, 6.07) is 5.29. The minimum atomic E-state index is -3.76. The van der Waals surface area contributed by atoms with E-state index in [0.29, 0.717) is 30.8 Å². The second-order valence-corrected chi connectivity index (χ2v) is 9.71. The molecule has 152 valence electrons. The lowest BCUT2D eigenvalue weighted by Gasteiger charge is -2.29. The van der Waals surface area contributed by atoms with Crippen molar-refractivity contribution in [2.24, 2.45) is 0 Å². The zero-order chi connectivity index (χ0) is 20.7. The van der Waals surface area contributed by atoms with Crippen molar-refractivity contribution in [2.75, 3.05) is 11.3 Å². The lowest BCUT2D eigenvalue weighted by molar-refractivity contribution is 0.0221. The molecular formula is C19H26N4O4S.